The molecule has 2 aliphatic heterocycles. The van der Waals surface area contributed by atoms with E-state index in [1.807, 2.05) is 0 Å². The van der Waals surface area contributed by atoms with Crippen molar-refractivity contribution in [3.05, 3.63) is 63.7 Å². The number of imidazole rings is 1. The molecule has 1 saturated heterocycles. The van der Waals surface area contributed by atoms with Crippen LogP contribution >= 0.6 is 11.6 Å². The van der Waals surface area contributed by atoms with E-state index in [0.717, 1.165) is 4.68 Å². The fourth-order valence-corrected chi connectivity index (χ4v) is 5.50. The average molecular weight is 613 g/mol. The van der Waals surface area contributed by atoms with Crippen molar-refractivity contribution in [1.29, 1.82) is 0 Å². The molecule has 0 radical (unpaired) electrons. The zero-order valence-corrected chi connectivity index (χ0v) is 23.1. The standard InChI is InChI=1S/C28H23ClF2N6O6/c29-19-11-15(1-5-18(19)26(39)35-7-9-41-10-8-35)23-24-25(33-14-32-24)27(40)36(34-23)13-22(38)37(16-2-3-16)17-4-6-20-21(12-17)43-28(30,31)42-20/h1,4-6,11-12,14,16H,2-3,7-10,13H2,(H,32,33). The molecule has 222 valence electrons. The Morgan fingerprint density at radius 3 is 2.60 bits per heavy atom. The number of amides is 2. The van der Waals surface area contributed by atoms with Crippen molar-refractivity contribution in [3.63, 3.8) is 0 Å². The van der Waals surface area contributed by atoms with Gasteiger partial charge in [-0.05, 0) is 37.1 Å². The summed E-state index contributed by atoms with van der Waals surface area (Å²) in [6, 6.07) is 8.77. The number of nitrogens with one attached hydrogen (secondary N) is 1. The maximum absolute atomic E-state index is 13.6. The molecule has 0 spiro atoms. The second kappa shape index (κ2) is 10.3. The van der Waals surface area contributed by atoms with Crippen molar-refractivity contribution in [2.24, 2.45) is 0 Å². The van der Waals surface area contributed by atoms with Gasteiger partial charge in [0.2, 0.25) is 5.91 Å². The summed E-state index contributed by atoms with van der Waals surface area (Å²) in [6.45, 7) is 1.38. The van der Waals surface area contributed by atoms with Gasteiger partial charge in [0.25, 0.3) is 11.5 Å². The first kappa shape index (κ1) is 27.3. The van der Waals surface area contributed by atoms with E-state index in [1.54, 1.807) is 23.1 Å². The largest absolute Gasteiger partial charge is 0.586 e. The molecule has 0 bridgehead atoms. The number of hydrogen-bond acceptors (Lipinski definition) is 8. The number of anilines is 1. The number of nitrogens with zero attached hydrogens (tertiary/aromatic N) is 5. The number of morpholine rings is 1. The van der Waals surface area contributed by atoms with Gasteiger partial charge in [-0.15, -0.1) is 8.78 Å². The van der Waals surface area contributed by atoms with E-state index < -0.39 is 24.3 Å². The molecule has 43 heavy (non-hydrogen) atoms. The maximum atomic E-state index is 13.6. The second-order valence-corrected chi connectivity index (χ2v) is 10.7. The lowest BCUT2D eigenvalue weighted by molar-refractivity contribution is -0.286. The van der Waals surface area contributed by atoms with Crippen molar-refractivity contribution in [3.8, 4) is 22.8 Å². The number of halogens is 3. The van der Waals surface area contributed by atoms with Crippen LogP contribution in [0.1, 0.15) is 23.2 Å². The number of hydrogen-bond donors (Lipinski definition) is 1. The summed E-state index contributed by atoms with van der Waals surface area (Å²) in [5.74, 6) is -1.03. The molecule has 0 unspecified atom stereocenters. The third kappa shape index (κ3) is 5.06. The van der Waals surface area contributed by atoms with Crippen LogP contribution in [-0.2, 0) is 16.1 Å². The number of carbonyl (C=O) groups is 2. The topological polar surface area (TPSA) is 132 Å². The molecule has 2 aromatic heterocycles. The first-order chi connectivity index (χ1) is 20.7. The van der Waals surface area contributed by atoms with Gasteiger partial charge in [0.1, 0.15) is 12.2 Å². The molecule has 2 fully saturated rings. The zero-order chi connectivity index (χ0) is 29.9. The van der Waals surface area contributed by atoms with Gasteiger partial charge in [-0.1, -0.05) is 17.7 Å². The number of alkyl halides is 2. The summed E-state index contributed by atoms with van der Waals surface area (Å²) in [5, 5.41) is 4.69. The Labute approximate surface area is 246 Å². The number of rotatable bonds is 6. The lowest BCUT2D eigenvalue weighted by atomic mass is 10.1. The summed E-state index contributed by atoms with van der Waals surface area (Å²) in [7, 11) is 0. The van der Waals surface area contributed by atoms with Crippen LogP contribution in [0.15, 0.2) is 47.5 Å². The fraction of sp³-hybridized carbons (Fsp3) is 0.321. The summed E-state index contributed by atoms with van der Waals surface area (Å²) in [4.78, 5) is 50.1. The van der Waals surface area contributed by atoms with Crippen LogP contribution in [0.5, 0.6) is 11.5 Å². The summed E-state index contributed by atoms with van der Waals surface area (Å²) in [5.41, 5.74) is 1.25. The minimum atomic E-state index is -3.79. The Bertz CT molecular complexity index is 1830. The molecule has 2 aromatic carbocycles. The molecule has 4 aromatic rings. The van der Waals surface area contributed by atoms with Crippen LogP contribution in [0.2, 0.25) is 5.02 Å². The lowest BCUT2D eigenvalue weighted by Crippen LogP contribution is -2.40. The first-order valence-corrected chi connectivity index (χ1v) is 13.9. The van der Waals surface area contributed by atoms with Crippen molar-refractivity contribution < 1.29 is 32.6 Å². The number of fused-ring (bicyclic) bond motifs is 2. The highest BCUT2D eigenvalue weighted by Crippen LogP contribution is 2.44. The van der Waals surface area contributed by atoms with Crippen LogP contribution in [0.4, 0.5) is 14.5 Å². The van der Waals surface area contributed by atoms with Crippen molar-refractivity contribution in [2.75, 3.05) is 31.2 Å². The van der Waals surface area contributed by atoms with E-state index in [2.05, 4.69) is 24.5 Å². The van der Waals surface area contributed by atoms with E-state index in [-0.39, 0.29) is 34.0 Å². The number of benzene rings is 2. The van der Waals surface area contributed by atoms with Crippen LogP contribution in [0.3, 0.4) is 0 Å². The molecule has 12 nitrogen and oxygen atoms in total. The average Bonchev–Trinajstić information content (AvgIpc) is 3.58. The molecule has 2 amide bonds. The molecular weight excluding hydrogens is 590 g/mol. The monoisotopic (exact) mass is 612 g/mol. The molecule has 3 aliphatic rings. The van der Waals surface area contributed by atoms with Crippen molar-refractivity contribution in [1.82, 2.24) is 24.6 Å². The van der Waals surface area contributed by atoms with Gasteiger partial charge in [-0.3, -0.25) is 14.4 Å². The predicted molar refractivity (Wildman–Crippen MR) is 148 cm³/mol. The summed E-state index contributed by atoms with van der Waals surface area (Å²) >= 11 is 6.56. The minimum absolute atomic E-state index is 0.0608. The van der Waals surface area contributed by atoms with E-state index in [1.165, 1.54) is 29.4 Å². The van der Waals surface area contributed by atoms with Crippen LogP contribution < -0.4 is 19.9 Å². The summed E-state index contributed by atoms with van der Waals surface area (Å²) in [6.07, 6.45) is -1.04. The van der Waals surface area contributed by atoms with E-state index in [9.17, 15) is 23.2 Å². The highest BCUT2D eigenvalue weighted by molar-refractivity contribution is 6.34. The van der Waals surface area contributed by atoms with E-state index in [0.29, 0.717) is 67.2 Å². The minimum Gasteiger partial charge on any atom is -0.395 e. The smallest absolute Gasteiger partial charge is 0.395 e. The van der Waals surface area contributed by atoms with Gasteiger partial charge in [-0.2, -0.15) is 5.10 Å². The van der Waals surface area contributed by atoms with Crippen molar-refractivity contribution in [2.45, 2.75) is 31.7 Å². The van der Waals surface area contributed by atoms with Crippen LogP contribution in [0, 0.1) is 0 Å². The van der Waals surface area contributed by atoms with E-state index >= 15 is 0 Å². The van der Waals surface area contributed by atoms with Crippen LogP contribution in [0.25, 0.3) is 22.3 Å². The first-order valence-electron chi connectivity index (χ1n) is 13.5. The number of ether oxygens (including phenoxy) is 3. The highest BCUT2D eigenvalue weighted by atomic mass is 35.5. The lowest BCUT2D eigenvalue weighted by Gasteiger charge is -2.27. The SMILES string of the molecule is O=C(c1ccc(-c2nn(CC(=O)N(c3ccc4c(c3)OC(F)(F)O4)C3CC3)c(=O)c3nc[nH]c23)cc1Cl)N1CCOCC1. The van der Waals surface area contributed by atoms with Gasteiger partial charge in [0.15, 0.2) is 17.0 Å². The molecule has 15 heteroatoms. The highest BCUT2D eigenvalue weighted by Gasteiger charge is 2.44. The third-order valence-electron chi connectivity index (χ3n) is 7.43. The molecule has 4 heterocycles. The normalized spacial score (nSPS) is 17.3. The van der Waals surface area contributed by atoms with Gasteiger partial charge < -0.3 is 29.0 Å². The Balaban J connectivity index is 1.20. The molecular formula is C28H23ClF2N6O6. The molecule has 1 N–H and O–H groups in total. The zero-order valence-electron chi connectivity index (χ0n) is 22.4. The Morgan fingerprint density at radius 1 is 1.09 bits per heavy atom. The number of aromatic nitrogens is 4. The number of aromatic amines is 1. The fourth-order valence-electron chi connectivity index (χ4n) is 5.24. The van der Waals surface area contributed by atoms with Gasteiger partial charge in [-0.25, -0.2) is 9.67 Å². The maximum Gasteiger partial charge on any atom is 0.586 e. The number of carbonyl (C=O) groups excluding carboxylic acids is 2. The van der Waals surface area contributed by atoms with Crippen molar-refractivity contribution >= 4 is 40.1 Å². The Hall–Kier alpha value is -4.56. The molecule has 7 rings (SSSR count). The Morgan fingerprint density at radius 2 is 1.86 bits per heavy atom. The second-order valence-electron chi connectivity index (χ2n) is 10.3. The summed E-state index contributed by atoms with van der Waals surface area (Å²) < 4.78 is 42.5. The number of H-pyrrole nitrogens is 1. The van der Waals surface area contributed by atoms with Gasteiger partial charge in [0, 0.05) is 36.4 Å². The molecule has 1 saturated carbocycles. The predicted octanol–water partition coefficient (Wildman–Crippen LogP) is 3.43. The van der Waals surface area contributed by atoms with Gasteiger partial charge >= 0.3 is 6.29 Å². The quantitative estimate of drug-likeness (QED) is 0.350. The van der Waals surface area contributed by atoms with Gasteiger partial charge in [0.05, 0.1) is 35.6 Å². The van der Waals surface area contributed by atoms with E-state index in [4.69, 9.17) is 16.3 Å². The van der Waals surface area contributed by atoms with Crippen LogP contribution in [-0.4, -0.2) is 75.1 Å². The molecule has 0 atom stereocenters. The Kier molecular flexibility index (Phi) is 6.54. The molecule has 1 aliphatic carbocycles. The third-order valence-corrected chi connectivity index (χ3v) is 7.75.